The molecule has 3 rings (SSSR count). The fourth-order valence-corrected chi connectivity index (χ4v) is 2.42. The Morgan fingerprint density at radius 3 is 2.53 bits per heavy atom. The van der Waals surface area contributed by atoms with Crippen molar-refractivity contribution in [3.05, 3.63) is 40.6 Å². The lowest BCUT2D eigenvalue weighted by Crippen LogP contribution is -2.09. The normalized spacial score (nSPS) is 11.2. The third kappa shape index (κ3) is 1.45. The maximum Gasteiger partial charge on any atom is 0.201 e. The predicted octanol–water partition coefficient (Wildman–Crippen LogP) is 1.81. The van der Waals surface area contributed by atoms with Crippen molar-refractivity contribution < 1.29 is 15.3 Å². The van der Waals surface area contributed by atoms with Crippen molar-refractivity contribution in [3.8, 4) is 17.2 Å². The summed E-state index contributed by atoms with van der Waals surface area (Å²) in [6.07, 6.45) is 0. The fourth-order valence-electron chi connectivity index (χ4n) is 2.42. The third-order valence-corrected chi connectivity index (χ3v) is 3.26. The van der Waals surface area contributed by atoms with Crippen LogP contribution >= 0.6 is 0 Å². The van der Waals surface area contributed by atoms with Gasteiger partial charge in [-0.2, -0.15) is 0 Å². The van der Waals surface area contributed by atoms with E-state index in [1.54, 1.807) is 23.7 Å². The maximum absolute atomic E-state index is 12.4. The van der Waals surface area contributed by atoms with Crippen molar-refractivity contribution in [2.75, 3.05) is 0 Å². The van der Waals surface area contributed by atoms with Crippen LogP contribution in [0.15, 0.2) is 35.1 Å². The summed E-state index contributed by atoms with van der Waals surface area (Å²) in [6, 6.07) is 7.14. The second-order valence-corrected chi connectivity index (χ2v) is 4.42. The summed E-state index contributed by atoms with van der Waals surface area (Å²) in [6.45, 7) is 0. The van der Waals surface area contributed by atoms with Crippen LogP contribution in [0.1, 0.15) is 0 Å². The molecule has 0 atom stereocenters. The molecule has 0 fully saturated rings. The second-order valence-electron chi connectivity index (χ2n) is 4.42. The van der Waals surface area contributed by atoms with E-state index in [0.717, 1.165) is 6.07 Å². The quantitative estimate of drug-likeness (QED) is 0.536. The minimum Gasteiger partial charge on any atom is -0.508 e. The van der Waals surface area contributed by atoms with Gasteiger partial charge in [0.05, 0.1) is 21.8 Å². The van der Waals surface area contributed by atoms with Crippen LogP contribution in [0.2, 0.25) is 0 Å². The molecule has 3 N–H and O–H groups in total. The molecule has 5 heteroatoms. The monoisotopic (exact) mass is 257 g/mol. The largest absolute Gasteiger partial charge is 0.508 e. The van der Waals surface area contributed by atoms with Gasteiger partial charge in [0.2, 0.25) is 5.43 Å². The van der Waals surface area contributed by atoms with E-state index in [1.165, 1.54) is 12.1 Å². The average molecular weight is 257 g/mol. The van der Waals surface area contributed by atoms with E-state index < -0.39 is 0 Å². The molecule has 0 amide bonds. The molecule has 96 valence electrons. The maximum atomic E-state index is 12.4. The second kappa shape index (κ2) is 3.65. The van der Waals surface area contributed by atoms with Crippen molar-refractivity contribution in [2.24, 2.45) is 7.05 Å². The van der Waals surface area contributed by atoms with Gasteiger partial charge < -0.3 is 19.9 Å². The first-order valence-electron chi connectivity index (χ1n) is 5.67. The number of rotatable bonds is 0. The number of aromatic nitrogens is 1. The molecule has 19 heavy (non-hydrogen) atoms. The summed E-state index contributed by atoms with van der Waals surface area (Å²) in [7, 11) is 1.66. The Bertz CT molecular complexity index is 880. The molecule has 0 bridgehead atoms. The van der Waals surface area contributed by atoms with Gasteiger partial charge in [-0.05, 0) is 12.1 Å². The first-order chi connectivity index (χ1) is 9.00. The van der Waals surface area contributed by atoms with Gasteiger partial charge >= 0.3 is 0 Å². The molecular formula is C14H11NO4. The van der Waals surface area contributed by atoms with E-state index in [1.807, 2.05) is 0 Å². The van der Waals surface area contributed by atoms with Gasteiger partial charge in [-0.15, -0.1) is 0 Å². The highest BCUT2D eigenvalue weighted by Crippen LogP contribution is 2.31. The number of fused-ring (bicyclic) bond motifs is 2. The van der Waals surface area contributed by atoms with Gasteiger partial charge in [-0.1, -0.05) is 6.07 Å². The van der Waals surface area contributed by atoms with E-state index in [9.17, 15) is 20.1 Å². The van der Waals surface area contributed by atoms with E-state index in [4.69, 9.17) is 0 Å². The minimum absolute atomic E-state index is 0.0261. The molecule has 0 aliphatic heterocycles. The number of para-hydroxylation sites is 1. The molecule has 0 aliphatic rings. The molecule has 5 nitrogen and oxygen atoms in total. The zero-order valence-corrected chi connectivity index (χ0v) is 10.1. The number of aryl methyl sites for hydroxylation is 1. The number of hydrogen-bond acceptors (Lipinski definition) is 4. The number of pyridine rings is 1. The summed E-state index contributed by atoms with van der Waals surface area (Å²) in [5, 5.41) is 29.7. The Morgan fingerprint density at radius 2 is 1.79 bits per heavy atom. The average Bonchev–Trinajstić information content (AvgIpc) is 2.35. The first kappa shape index (κ1) is 11.4. The molecule has 0 saturated carbocycles. The molecule has 0 radical (unpaired) electrons. The van der Waals surface area contributed by atoms with Crippen LogP contribution in [0.3, 0.4) is 0 Å². The zero-order chi connectivity index (χ0) is 13.7. The standard InChI is InChI=1S/C14H11NO4/c1-15-9-5-7(16)6-11(18)12(9)14(19)8-3-2-4-10(17)13(8)15/h2-6,16-18H,1H3. The molecular weight excluding hydrogens is 246 g/mol. The highest BCUT2D eigenvalue weighted by molar-refractivity contribution is 5.98. The fraction of sp³-hybridized carbons (Fsp3) is 0.0714. The van der Waals surface area contributed by atoms with Crippen LogP contribution in [0.5, 0.6) is 17.2 Å². The Morgan fingerprint density at radius 1 is 1.05 bits per heavy atom. The van der Waals surface area contributed by atoms with Crippen LogP contribution in [-0.4, -0.2) is 19.9 Å². The van der Waals surface area contributed by atoms with Gasteiger partial charge in [0.1, 0.15) is 17.2 Å². The molecule has 3 aromatic rings. The first-order valence-corrected chi connectivity index (χ1v) is 5.67. The van der Waals surface area contributed by atoms with Gasteiger partial charge in [-0.3, -0.25) is 4.79 Å². The van der Waals surface area contributed by atoms with Crippen molar-refractivity contribution in [1.82, 2.24) is 4.57 Å². The van der Waals surface area contributed by atoms with Gasteiger partial charge in [0, 0.05) is 19.2 Å². The van der Waals surface area contributed by atoms with Crippen LogP contribution < -0.4 is 5.43 Å². The Balaban J connectivity index is 2.74. The van der Waals surface area contributed by atoms with E-state index in [-0.39, 0.29) is 28.1 Å². The lowest BCUT2D eigenvalue weighted by atomic mass is 10.1. The highest BCUT2D eigenvalue weighted by atomic mass is 16.3. The van der Waals surface area contributed by atoms with Crippen molar-refractivity contribution in [3.63, 3.8) is 0 Å². The van der Waals surface area contributed by atoms with Crippen LogP contribution in [0.4, 0.5) is 0 Å². The Hall–Kier alpha value is -2.69. The van der Waals surface area contributed by atoms with Crippen molar-refractivity contribution in [2.45, 2.75) is 0 Å². The van der Waals surface area contributed by atoms with Gasteiger partial charge in [0.25, 0.3) is 0 Å². The highest BCUT2D eigenvalue weighted by Gasteiger charge is 2.15. The molecule has 0 saturated heterocycles. The smallest absolute Gasteiger partial charge is 0.201 e. The molecule has 1 heterocycles. The van der Waals surface area contributed by atoms with Crippen molar-refractivity contribution in [1.29, 1.82) is 0 Å². The van der Waals surface area contributed by atoms with Crippen LogP contribution in [0, 0.1) is 0 Å². The molecule has 0 spiro atoms. The third-order valence-electron chi connectivity index (χ3n) is 3.26. The van der Waals surface area contributed by atoms with Gasteiger partial charge in [0.15, 0.2) is 0 Å². The SMILES string of the molecule is Cn1c2cc(O)cc(O)c2c(=O)c2cccc(O)c21. The summed E-state index contributed by atoms with van der Waals surface area (Å²) >= 11 is 0. The zero-order valence-electron chi connectivity index (χ0n) is 10.1. The van der Waals surface area contributed by atoms with E-state index in [2.05, 4.69) is 0 Å². The number of hydrogen-bond donors (Lipinski definition) is 3. The molecule has 0 aliphatic carbocycles. The molecule has 2 aromatic carbocycles. The Kier molecular flexibility index (Phi) is 2.19. The van der Waals surface area contributed by atoms with Crippen LogP contribution in [-0.2, 0) is 7.05 Å². The number of nitrogens with zero attached hydrogens (tertiary/aromatic N) is 1. The Labute approximate surface area is 107 Å². The van der Waals surface area contributed by atoms with E-state index >= 15 is 0 Å². The summed E-state index contributed by atoms with van der Waals surface area (Å²) in [5.41, 5.74) is 0.345. The minimum atomic E-state index is -0.378. The number of phenols is 3. The van der Waals surface area contributed by atoms with E-state index in [0.29, 0.717) is 16.4 Å². The van der Waals surface area contributed by atoms with Gasteiger partial charge in [-0.25, -0.2) is 0 Å². The summed E-state index contributed by atoms with van der Waals surface area (Å²) < 4.78 is 1.57. The lowest BCUT2D eigenvalue weighted by molar-refractivity contribution is 0.454. The van der Waals surface area contributed by atoms with Crippen molar-refractivity contribution >= 4 is 21.8 Å². The lowest BCUT2D eigenvalue weighted by Gasteiger charge is -2.12. The number of aromatic hydroxyl groups is 3. The van der Waals surface area contributed by atoms with Crippen LogP contribution in [0.25, 0.3) is 21.8 Å². The number of benzene rings is 2. The molecule has 0 unspecified atom stereocenters. The summed E-state index contributed by atoms with van der Waals surface area (Å²) in [4.78, 5) is 12.4. The number of phenolic OH excluding ortho intramolecular Hbond substituents is 3. The topological polar surface area (TPSA) is 82.7 Å². The predicted molar refractivity (Wildman–Crippen MR) is 71.7 cm³/mol. The summed E-state index contributed by atoms with van der Waals surface area (Å²) in [5.74, 6) is -0.447. The molecule has 1 aromatic heterocycles.